The Morgan fingerprint density at radius 3 is 2.41 bits per heavy atom. The van der Waals surface area contributed by atoms with Gasteiger partial charge in [0.2, 0.25) is 11.8 Å². The Morgan fingerprint density at radius 1 is 0.976 bits per heavy atom. The number of amides is 3. The summed E-state index contributed by atoms with van der Waals surface area (Å²) < 4.78 is 20.5. The summed E-state index contributed by atoms with van der Waals surface area (Å²) in [6.07, 6.45) is -0.379. The van der Waals surface area contributed by atoms with Crippen molar-refractivity contribution in [1.29, 1.82) is 0 Å². The second kappa shape index (κ2) is 11.1. The van der Waals surface area contributed by atoms with Gasteiger partial charge in [-0.05, 0) is 53.9 Å². The predicted molar refractivity (Wildman–Crippen MR) is 155 cm³/mol. The zero-order valence-corrected chi connectivity index (χ0v) is 22.8. The van der Waals surface area contributed by atoms with E-state index in [4.69, 9.17) is 4.74 Å². The van der Waals surface area contributed by atoms with Gasteiger partial charge in [-0.1, -0.05) is 30.3 Å². The minimum Gasteiger partial charge on any atom is -0.442 e. The van der Waals surface area contributed by atoms with Gasteiger partial charge in [0.25, 0.3) is 0 Å². The molecule has 0 aromatic heterocycles. The maximum Gasteiger partial charge on any atom is 0.414 e. The molecule has 6 rings (SSSR count). The largest absolute Gasteiger partial charge is 0.442 e. The maximum absolute atomic E-state index is 15.2. The fraction of sp³-hybridized carbons (Fsp3) is 0.323. The van der Waals surface area contributed by atoms with Crippen LogP contribution in [-0.4, -0.2) is 63.3 Å². The zero-order chi connectivity index (χ0) is 28.5. The first-order chi connectivity index (χ1) is 19.9. The lowest BCUT2D eigenvalue weighted by Gasteiger charge is -2.37. The number of nitrogens with one attached hydrogen (secondary N) is 2. The number of para-hydroxylation sites is 1. The normalized spacial score (nSPS) is 20.1. The molecule has 1 unspecified atom stereocenters. The van der Waals surface area contributed by atoms with E-state index in [0.29, 0.717) is 30.9 Å². The van der Waals surface area contributed by atoms with Gasteiger partial charge in [0.05, 0.1) is 30.4 Å². The highest BCUT2D eigenvalue weighted by Crippen LogP contribution is 2.35. The second-order valence-electron chi connectivity index (χ2n) is 10.7. The standard InChI is InChI=1S/C31H32FN5O4/c1-20(38)33-18-24-19-37(31(40)41-24)23-10-11-29(27(32)17-23)36-14-12-35(13-15-36)22-8-6-21(7-9-22)16-26-25-4-2-3-5-28(25)34-30(26)39/h2-11,17,24,26H,12-16,18-19H2,1H3,(H,33,38)(H,34,39)/t24-,26?/m0/s1. The third-order valence-electron chi connectivity index (χ3n) is 7.97. The number of carbonyl (C=O) groups excluding carboxylic acids is 3. The fourth-order valence-corrected chi connectivity index (χ4v) is 5.78. The summed E-state index contributed by atoms with van der Waals surface area (Å²) in [7, 11) is 0. The molecule has 9 nitrogen and oxygen atoms in total. The van der Waals surface area contributed by atoms with E-state index in [1.807, 2.05) is 29.2 Å². The highest BCUT2D eigenvalue weighted by Gasteiger charge is 2.33. The number of hydrogen-bond acceptors (Lipinski definition) is 6. The highest BCUT2D eigenvalue weighted by atomic mass is 19.1. The Hall–Kier alpha value is -4.60. The molecule has 212 valence electrons. The summed E-state index contributed by atoms with van der Waals surface area (Å²) >= 11 is 0. The minimum absolute atomic E-state index is 0.0400. The Bertz CT molecular complexity index is 1470. The van der Waals surface area contributed by atoms with E-state index in [1.54, 1.807) is 12.1 Å². The molecule has 2 atom stereocenters. The van der Waals surface area contributed by atoms with Crippen LogP contribution in [0.25, 0.3) is 0 Å². The Kier molecular flexibility index (Phi) is 7.21. The van der Waals surface area contributed by atoms with Crippen LogP contribution in [0.3, 0.4) is 0 Å². The topological polar surface area (TPSA) is 94.2 Å². The van der Waals surface area contributed by atoms with E-state index < -0.39 is 18.0 Å². The monoisotopic (exact) mass is 557 g/mol. The first kappa shape index (κ1) is 26.6. The number of benzene rings is 3. The van der Waals surface area contributed by atoms with Crippen LogP contribution in [0.15, 0.2) is 66.7 Å². The number of anilines is 4. The van der Waals surface area contributed by atoms with Gasteiger partial charge in [0.15, 0.2) is 0 Å². The number of rotatable bonds is 7. The molecule has 0 spiro atoms. The van der Waals surface area contributed by atoms with Crippen molar-refractivity contribution >= 4 is 40.7 Å². The number of nitrogens with zero attached hydrogens (tertiary/aromatic N) is 3. The SMILES string of the molecule is CC(=O)NC[C@H]1CN(c2ccc(N3CCN(c4ccc(CC5C(=O)Nc6ccccc65)cc4)CC3)c(F)c2)C(=O)O1. The van der Waals surface area contributed by atoms with E-state index >= 15 is 4.39 Å². The van der Waals surface area contributed by atoms with Crippen molar-refractivity contribution < 1.29 is 23.5 Å². The summed E-state index contributed by atoms with van der Waals surface area (Å²) in [6.45, 7) is 4.65. The molecule has 3 aromatic carbocycles. The lowest BCUT2D eigenvalue weighted by Crippen LogP contribution is -2.46. The van der Waals surface area contributed by atoms with Crippen LogP contribution < -0.4 is 25.3 Å². The predicted octanol–water partition coefficient (Wildman–Crippen LogP) is 3.89. The third-order valence-corrected chi connectivity index (χ3v) is 7.97. The first-order valence-corrected chi connectivity index (χ1v) is 13.9. The Balaban J connectivity index is 1.04. The van der Waals surface area contributed by atoms with Gasteiger partial charge >= 0.3 is 6.09 Å². The minimum atomic E-state index is -0.552. The van der Waals surface area contributed by atoms with Gasteiger partial charge in [-0.3, -0.25) is 14.5 Å². The van der Waals surface area contributed by atoms with E-state index in [1.165, 1.54) is 17.9 Å². The van der Waals surface area contributed by atoms with E-state index in [-0.39, 0.29) is 30.8 Å². The Labute approximate surface area is 237 Å². The molecule has 0 bridgehead atoms. The number of piperazine rings is 1. The summed E-state index contributed by atoms with van der Waals surface area (Å²) in [4.78, 5) is 41.6. The van der Waals surface area contributed by atoms with Crippen LogP contribution in [-0.2, 0) is 20.7 Å². The molecule has 3 aromatic rings. The van der Waals surface area contributed by atoms with Crippen molar-refractivity contribution in [2.75, 3.05) is 59.3 Å². The van der Waals surface area contributed by atoms with E-state index in [9.17, 15) is 14.4 Å². The lowest BCUT2D eigenvalue weighted by molar-refractivity contribution is -0.119. The van der Waals surface area contributed by atoms with Crippen molar-refractivity contribution in [3.05, 3.63) is 83.7 Å². The van der Waals surface area contributed by atoms with Crippen molar-refractivity contribution in [3.63, 3.8) is 0 Å². The van der Waals surface area contributed by atoms with Crippen LogP contribution in [0.4, 0.5) is 31.9 Å². The number of hydrogen-bond donors (Lipinski definition) is 2. The van der Waals surface area contributed by atoms with E-state index in [0.717, 1.165) is 35.6 Å². The van der Waals surface area contributed by atoms with Crippen LogP contribution in [0, 0.1) is 5.82 Å². The molecular formula is C31H32FN5O4. The van der Waals surface area contributed by atoms with Crippen LogP contribution in [0.5, 0.6) is 0 Å². The zero-order valence-electron chi connectivity index (χ0n) is 22.8. The summed E-state index contributed by atoms with van der Waals surface area (Å²) in [6, 6.07) is 21.0. The van der Waals surface area contributed by atoms with E-state index in [2.05, 4.69) is 39.8 Å². The molecule has 3 aliphatic rings. The molecule has 41 heavy (non-hydrogen) atoms. The molecule has 3 amide bonds. The quantitative estimate of drug-likeness (QED) is 0.458. The van der Waals surface area contributed by atoms with Crippen LogP contribution >= 0.6 is 0 Å². The summed E-state index contributed by atoms with van der Waals surface area (Å²) in [5.74, 6) is -0.731. The average Bonchev–Trinajstić information content (AvgIpc) is 3.51. The molecule has 0 radical (unpaired) electrons. The molecule has 2 saturated heterocycles. The average molecular weight is 558 g/mol. The third kappa shape index (κ3) is 5.54. The Morgan fingerprint density at radius 2 is 1.68 bits per heavy atom. The molecule has 2 N–H and O–H groups in total. The number of cyclic esters (lactones) is 1. The van der Waals surface area contributed by atoms with Gasteiger partial charge in [-0.25, -0.2) is 9.18 Å². The van der Waals surface area contributed by atoms with Crippen molar-refractivity contribution in [1.82, 2.24) is 5.32 Å². The second-order valence-corrected chi connectivity index (χ2v) is 10.7. The number of halogens is 1. The number of ether oxygens (including phenoxy) is 1. The molecule has 3 aliphatic heterocycles. The smallest absolute Gasteiger partial charge is 0.414 e. The molecule has 0 saturated carbocycles. The summed E-state index contributed by atoms with van der Waals surface area (Å²) in [5.41, 5.74) is 5.08. The lowest BCUT2D eigenvalue weighted by atomic mass is 9.93. The molecule has 3 heterocycles. The van der Waals surface area contributed by atoms with Gasteiger partial charge in [-0.2, -0.15) is 0 Å². The first-order valence-electron chi connectivity index (χ1n) is 13.9. The molecule has 2 fully saturated rings. The maximum atomic E-state index is 15.2. The van der Waals surface area contributed by atoms with Gasteiger partial charge in [0.1, 0.15) is 11.9 Å². The van der Waals surface area contributed by atoms with Gasteiger partial charge < -0.3 is 25.2 Å². The number of fused-ring (bicyclic) bond motifs is 1. The molecular weight excluding hydrogens is 525 g/mol. The fourth-order valence-electron chi connectivity index (χ4n) is 5.78. The van der Waals surface area contributed by atoms with Crippen molar-refractivity contribution in [3.8, 4) is 0 Å². The van der Waals surface area contributed by atoms with Gasteiger partial charge in [-0.15, -0.1) is 0 Å². The van der Waals surface area contributed by atoms with Crippen LogP contribution in [0.2, 0.25) is 0 Å². The highest BCUT2D eigenvalue weighted by molar-refractivity contribution is 6.03. The van der Waals surface area contributed by atoms with Crippen molar-refractivity contribution in [2.45, 2.75) is 25.4 Å². The molecule has 0 aliphatic carbocycles. The van der Waals surface area contributed by atoms with Crippen molar-refractivity contribution in [2.24, 2.45) is 0 Å². The number of carbonyl (C=O) groups is 3. The summed E-state index contributed by atoms with van der Waals surface area (Å²) in [5, 5.41) is 5.61. The van der Waals surface area contributed by atoms with Gasteiger partial charge in [0, 0.05) is 44.5 Å². The van der Waals surface area contributed by atoms with Crippen LogP contribution in [0.1, 0.15) is 24.0 Å². The molecule has 10 heteroatoms.